The van der Waals surface area contributed by atoms with Gasteiger partial charge in [-0.25, -0.2) is 0 Å². The minimum Gasteiger partial charge on any atom is -0.290 e. The summed E-state index contributed by atoms with van der Waals surface area (Å²) in [5.41, 5.74) is 0.894. The van der Waals surface area contributed by atoms with Crippen molar-refractivity contribution in [2.75, 3.05) is 0 Å². The Morgan fingerprint density at radius 3 is 1.00 bits per heavy atom. The lowest BCUT2D eigenvalue weighted by Crippen LogP contribution is -2.64. The second-order valence-electron chi connectivity index (χ2n) is 10.7. The SMILES string of the molecule is C[C@H]([C@@H](N(C(C)(C)C)C(C)(C)C)C(C)(C)C)C(C)(C)C. The highest BCUT2D eigenvalue weighted by Gasteiger charge is 2.46. The first-order valence-electron chi connectivity index (χ1n) is 8.19. The highest BCUT2D eigenvalue weighted by atomic mass is 15.3. The monoisotopic (exact) mass is 283 g/mol. The molecule has 0 aliphatic carbocycles. The maximum absolute atomic E-state index is 2.75. The summed E-state index contributed by atoms with van der Waals surface area (Å²) < 4.78 is 0. The summed E-state index contributed by atoms with van der Waals surface area (Å²) >= 11 is 0. The molecule has 1 nitrogen and oxygen atoms in total. The Morgan fingerprint density at radius 2 is 0.850 bits per heavy atom. The van der Waals surface area contributed by atoms with Gasteiger partial charge < -0.3 is 0 Å². The normalized spacial score (nSPS) is 18.3. The molecule has 2 atom stereocenters. The smallest absolute Gasteiger partial charge is 0.0185 e. The van der Waals surface area contributed by atoms with E-state index in [0.717, 1.165) is 0 Å². The Balaban J connectivity index is 5.97. The Bertz CT molecular complexity index is 287. The van der Waals surface area contributed by atoms with Crippen LogP contribution in [0, 0.1) is 16.7 Å². The molecule has 0 aromatic rings. The molecule has 0 amide bonds. The summed E-state index contributed by atoms with van der Waals surface area (Å²) in [5, 5.41) is 0. The summed E-state index contributed by atoms with van der Waals surface area (Å²) in [7, 11) is 0. The van der Waals surface area contributed by atoms with Crippen molar-refractivity contribution in [3.63, 3.8) is 0 Å². The van der Waals surface area contributed by atoms with Crippen molar-refractivity contribution in [1.29, 1.82) is 0 Å². The minimum atomic E-state index is 0.162. The maximum atomic E-state index is 2.75. The average Bonchev–Trinajstić information content (AvgIpc) is 2.04. The van der Waals surface area contributed by atoms with Crippen LogP contribution in [0.5, 0.6) is 0 Å². The Morgan fingerprint density at radius 1 is 0.550 bits per heavy atom. The first-order chi connectivity index (χ1) is 8.40. The van der Waals surface area contributed by atoms with E-state index < -0.39 is 0 Å². The van der Waals surface area contributed by atoms with E-state index in [1.807, 2.05) is 0 Å². The van der Waals surface area contributed by atoms with Gasteiger partial charge in [0.2, 0.25) is 0 Å². The fourth-order valence-electron chi connectivity index (χ4n) is 3.68. The molecule has 0 bridgehead atoms. The largest absolute Gasteiger partial charge is 0.290 e. The van der Waals surface area contributed by atoms with Crippen molar-refractivity contribution in [2.24, 2.45) is 16.7 Å². The zero-order chi connectivity index (χ0) is 16.7. The van der Waals surface area contributed by atoms with E-state index in [2.05, 4.69) is 94.9 Å². The molecular weight excluding hydrogens is 242 g/mol. The summed E-state index contributed by atoms with van der Waals surface area (Å²) in [6, 6.07) is 0.544. The van der Waals surface area contributed by atoms with Gasteiger partial charge in [-0.1, -0.05) is 48.5 Å². The van der Waals surface area contributed by atoms with Gasteiger partial charge in [-0.05, 0) is 58.3 Å². The number of hydrogen-bond donors (Lipinski definition) is 0. The number of nitrogens with zero attached hydrogens (tertiary/aromatic N) is 1. The summed E-state index contributed by atoms with van der Waals surface area (Å²) in [4.78, 5) is 2.75. The molecule has 20 heavy (non-hydrogen) atoms. The van der Waals surface area contributed by atoms with E-state index in [0.29, 0.717) is 17.4 Å². The van der Waals surface area contributed by atoms with Gasteiger partial charge in [-0.2, -0.15) is 0 Å². The Kier molecular flexibility index (Phi) is 5.62. The molecule has 1 heteroatoms. The topological polar surface area (TPSA) is 3.24 Å². The van der Waals surface area contributed by atoms with Gasteiger partial charge in [0.15, 0.2) is 0 Å². The van der Waals surface area contributed by atoms with Crippen LogP contribution >= 0.6 is 0 Å². The molecule has 0 unspecified atom stereocenters. The van der Waals surface area contributed by atoms with E-state index >= 15 is 0 Å². The molecule has 0 fully saturated rings. The zero-order valence-electron chi connectivity index (χ0n) is 16.6. The van der Waals surface area contributed by atoms with Crippen LogP contribution in [0.3, 0.4) is 0 Å². The second kappa shape index (κ2) is 5.63. The fourth-order valence-corrected chi connectivity index (χ4v) is 3.68. The van der Waals surface area contributed by atoms with E-state index in [9.17, 15) is 0 Å². The highest BCUT2D eigenvalue weighted by molar-refractivity contribution is 5.00. The van der Waals surface area contributed by atoms with Crippen LogP contribution in [0.25, 0.3) is 0 Å². The van der Waals surface area contributed by atoms with Gasteiger partial charge in [0, 0.05) is 17.1 Å². The van der Waals surface area contributed by atoms with Crippen LogP contribution < -0.4 is 0 Å². The lowest BCUT2D eigenvalue weighted by molar-refractivity contribution is -0.0881. The lowest BCUT2D eigenvalue weighted by Gasteiger charge is -2.58. The lowest BCUT2D eigenvalue weighted by atomic mass is 9.66. The molecule has 0 rings (SSSR count). The highest BCUT2D eigenvalue weighted by Crippen LogP contribution is 2.44. The van der Waals surface area contributed by atoms with Crippen LogP contribution in [0.15, 0.2) is 0 Å². The minimum absolute atomic E-state index is 0.162. The summed E-state index contributed by atoms with van der Waals surface area (Å²) in [6.07, 6.45) is 0. The van der Waals surface area contributed by atoms with Gasteiger partial charge in [-0.3, -0.25) is 4.90 Å². The van der Waals surface area contributed by atoms with Crippen LogP contribution in [-0.4, -0.2) is 22.0 Å². The molecule has 122 valence electrons. The number of hydrogen-bond acceptors (Lipinski definition) is 1. The van der Waals surface area contributed by atoms with Crippen LogP contribution in [0.2, 0.25) is 0 Å². The molecule has 0 N–H and O–H groups in total. The van der Waals surface area contributed by atoms with Crippen molar-refractivity contribution in [3.05, 3.63) is 0 Å². The Hall–Kier alpha value is -0.0400. The van der Waals surface area contributed by atoms with E-state index in [1.54, 1.807) is 0 Å². The molecule has 0 saturated carbocycles. The third-order valence-electron chi connectivity index (χ3n) is 4.45. The first-order valence-corrected chi connectivity index (χ1v) is 8.19. The Labute approximate surface area is 129 Å². The molecule has 0 saturated heterocycles. The van der Waals surface area contributed by atoms with E-state index in [1.165, 1.54) is 0 Å². The van der Waals surface area contributed by atoms with Crippen molar-refractivity contribution in [1.82, 2.24) is 4.90 Å². The summed E-state index contributed by atoms with van der Waals surface area (Å²) in [5.74, 6) is 0.626. The van der Waals surface area contributed by atoms with Gasteiger partial charge in [0.05, 0.1) is 0 Å². The molecule has 0 aromatic carbocycles. The molecular formula is C19H41N. The van der Waals surface area contributed by atoms with Crippen LogP contribution in [0.4, 0.5) is 0 Å². The molecule has 0 aromatic heterocycles. The molecule has 0 aliphatic heterocycles. The molecule has 0 radical (unpaired) electrons. The second-order valence-corrected chi connectivity index (χ2v) is 10.7. The van der Waals surface area contributed by atoms with E-state index in [-0.39, 0.29) is 16.5 Å². The van der Waals surface area contributed by atoms with Gasteiger partial charge in [-0.15, -0.1) is 0 Å². The van der Waals surface area contributed by atoms with Gasteiger partial charge in [0.25, 0.3) is 0 Å². The number of rotatable bonds is 2. The van der Waals surface area contributed by atoms with E-state index in [4.69, 9.17) is 0 Å². The molecule has 0 spiro atoms. The van der Waals surface area contributed by atoms with Crippen molar-refractivity contribution < 1.29 is 0 Å². The zero-order valence-corrected chi connectivity index (χ0v) is 16.6. The van der Waals surface area contributed by atoms with Crippen molar-refractivity contribution in [2.45, 2.75) is 107 Å². The fraction of sp³-hybridized carbons (Fsp3) is 1.00. The van der Waals surface area contributed by atoms with Gasteiger partial charge in [0.1, 0.15) is 0 Å². The van der Waals surface area contributed by atoms with Crippen LogP contribution in [-0.2, 0) is 0 Å². The van der Waals surface area contributed by atoms with Crippen molar-refractivity contribution in [3.8, 4) is 0 Å². The molecule has 0 aliphatic rings. The average molecular weight is 284 g/mol. The molecule has 0 heterocycles. The first kappa shape index (κ1) is 20.0. The maximum Gasteiger partial charge on any atom is 0.0185 e. The van der Waals surface area contributed by atoms with Crippen molar-refractivity contribution >= 4 is 0 Å². The third-order valence-corrected chi connectivity index (χ3v) is 4.45. The predicted octanol–water partition coefficient (Wildman–Crippen LogP) is 5.98. The van der Waals surface area contributed by atoms with Crippen LogP contribution in [0.1, 0.15) is 90.0 Å². The van der Waals surface area contributed by atoms with Gasteiger partial charge >= 0.3 is 0 Å². The summed E-state index contributed by atoms with van der Waals surface area (Å²) in [6.45, 7) is 30.9. The standard InChI is InChI=1S/C19H41N/c1-14(16(2,3)4)15(17(5,6)7)20(18(8,9)10)19(11,12)13/h14-15H,1-13H3/t14-,15-/m1/s1. The quantitative estimate of drug-likeness (QED) is 0.602. The third kappa shape index (κ3) is 5.06. The predicted molar refractivity (Wildman–Crippen MR) is 93.2 cm³/mol.